The van der Waals surface area contributed by atoms with E-state index in [0.717, 1.165) is 0 Å². The van der Waals surface area contributed by atoms with Gasteiger partial charge in [0.05, 0.1) is 0 Å². The molecule has 0 atom stereocenters. The predicted molar refractivity (Wildman–Crippen MR) is 46.5 cm³/mol. The van der Waals surface area contributed by atoms with Crippen LogP contribution in [-0.2, 0) is 0 Å². The molecule has 0 aromatic heterocycles. The molecule has 0 aromatic carbocycles. The average molecular weight is 142 g/mol. The van der Waals surface area contributed by atoms with Gasteiger partial charge in [0.15, 0.2) is 0 Å². The maximum absolute atomic E-state index is 2.12. The number of thioether (sulfide) groups is 1. The van der Waals surface area contributed by atoms with Gasteiger partial charge in [-0.3, -0.25) is 0 Å². The van der Waals surface area contributed by atoms with Gasteiger partial charge in [-0.1, -0.05) is 12.2 Å². The first-order valence-electron chi connectivity index (χ1n) is 3.14. The van der Waals surface area contributed by atoms with Crippen LogP contribution in [0.5, 0.6) is 0 Å². The summed E-state index contributed by atoms with van der Waals surface area (Å²) in [5.74, 6) is 0. The van der Waals surface area contributed by atoms with Crippen molar-refractivity contribution in [2.75, 3.05) is 0 Å². The van der Waals surface area contributed by atoms with Crippen LogP contribution in [0.1, 0.15) is 27.7 Å². The van der Waals surface area contributed by atoms with E-state index >= 15 is 0 Å². The standard InChI is InChI=1S/C8H14S/c1-5-7(3)9-8(4)6-2/h5-6H,1-4H3/b7-5-,8-6-. The average Bonchev–Trinajstić information content (AvgIpc) is 1.87. The van der Waals surface area contributed by atoms with Gasteiger partial charge >= 0.3 is 0 Å². The highest BCUT2D eigenvalue weighted by Gasteiger charge is 1.88. The third-order valence-corrected chi connectivity index (χ3v) is 2.25. The fourth-order valence-corrected chi connectivity index (χ4v) is 1.12. The Bertz CT molecular complexity index is 116. The number of hydrogen-bond acceptors (Lipinski definition) is 1. The maximum Gasteiger partial charge on any atom is -0.0180 e. The third-order valence-electron chi connectivity index (χ3n) is 1.14. The molecule has 0 aliphatic rings. The van der Waals surface area contributed by atoms with Gasteiger partial charge in [0.2, 0.25) is 0 Å². The summed E-state index contributed by atoms with van der Waals surface area (Å²) >= 11 is 1.82. The van der Waals surface area contributed by atoms with Crippen LogP contribution in [-0.4, -0.2) is 0 Å². The topological polar surface area (TPSA) is 0 Å². The van der Waals surface area contributed by atoms with Crippen molar-refractivity contribution >= 4 is 11.8 Å². The number of hydrogen-bond donors (Lipinski definition) is 0. The summed E-state index contributed by atoms with van der Waals surface area (Å²) in [4.78, 5) is 2.73. The van der Waals surface area contributed by atoms with Crippen LogP contribution in [0.2, 0.25) is 0 Å². The van der Waals surface area contributed by atoms with Crippen molar-refractivity contribution in [2.24, 2.45) is 0 Å². The Balaban J connectivity index is 3.75. The Labute approximate surface area is 62.0 Å². The van der Waals surface area contributed by atoms with E-state index < -0.39 is 0 Å². The lowest BCUT2D eigenvalue weighted by Gasteiger charge is -1.97. The monoisotopic (exact) mass is 142 g/mol. The van der Waals surface area contributed by atoms with Gasteiger partial charge in [0.1, 0.15) is 0 Å². The quantitative estimate of drug-likeness (QED) is 0.568. The molecule has 0 fully saturated rings. The Morgan fingerprint density at radius 2 is 1.33 bits per heavy atom. The predicted octanol–water partition coefficient (Wildman–Crippen LogP) is 3.57. The molecule has 0 unspecified atom stereocenters. The molecular formula is C8H14S. The molecule has 0 aliphatic carbocycles. The van der Waals surface area contributed by atoms with Gasteiger partial charge in [-0.15, -0.1) is 11.8 Å². The summed E-state index contributed by atoms with van der Waals surface area (Å²) in [6, 6.07) is 0. The fraction of sp³-hybridized carbons (Fsp3) is 0.500. The highest BCUT2D eigenvalue weighted by Crippen LogP contribution is 2.23. The Morgan fingerprint density at radius 3 is 1.56 bits per heavy atom. The molecule has 1 heteroatoms. The van der Waals surface area contributed by atoms with E-state index in [9.17, 15) is 0 Å². The van der Waals surface area contributed by atoms with Crippen molar-refractivity contribution in [1.29, 1.82) is 0 Å². The van der Waals surface area contributed by atoms with Crippen LogP contribution in [0.3, 0.4) is 0 Å². The van der Waals surface area contributed by atoms with Crippen molar-refractivity contribution in [3.63, 3.8) is 0 Å². The Hall–Kier alpha value is -0.170. The van der Waals surface area contributed by atoms with Gasteiger partial charge in [-0.2, -0.15) is 0 Å². The minimum absolute atomic E-state index is 1.37. The van der Waals surface area contributed by atoms with Crippen LogP contribution in [0, 0.1) is 0 Å². The van der Waals surface area contributed by atoms with Crippen molar-refractivity contribution in [3.8, 4) is 0 Å². The summed E-state index contributed by atoms with van der Waals surface area (Å²) in [5, 5.41) is 0. The van der Waals surface area contributed by atoms with Gasteiger partial charge in [-0.05, 0) is 37.5 Å². The SMILES string of the molecule is C/C=C(/C)S/C(C)=C\C. The third kappa shape index (κ3) is 4.34. The molecule has 0 heterocycles. The molecule has 0 amide bonds. The molecule has 52 valence electrons. The first-order valence-corrected chi connectivity index (χ1v) is 3.96. The van der Waals surface area contributed by atoms with Crippen molar-refractivity contribution < 1.29 is 0 Å². The number of rotatable bonds is 2. The molecule has 0 aromatic rings. The first kappa shape index (κ1) is 8.83. The largest absolute Gasteiger partial charge is 0.100 e. The normalized spacial score (nSPS) is 14.2. The van der Waals surface area contributed by atoms with E-state index in [1.807, 2.05) is 11.8 Å². The molecule has 0 bridgehead atoms. The summed E-state index contributed by atoms with van der Waals surface area (Å²) in [7, 11) is 0. The molecule has 0 saturated heterocycles. The molecule has 0 saturated carbocycles. The van der Waals surface area contributed by atoms with Crippen LogP contribution < -0.4 is 0 Å². The van der Waals surface area contributed by atoms with E-state index in [4.69, 9.17) is 0 Å². The van der Waals surface area contributed by atoms with E-state index in [1.54, 1.807) is 0 Å². The lowest BCUT2D eigenvalue weighted by Crippen LogP contribution is -1.66. The van der Waals surface area contributed by atoms with E-state index in [0.29, 0.717) is 0 Å². The van der Waals surface area contributed by atoms with E-state index in [-0.39, 0.29) is 0 Å². The van der Waals surface area contributed by atoms with Gasteiger partial charge in [0, 0.05) is 0 Å². The molecule has 0 rings (SSSR count). The van der Waals surface area contributed by atoms with E-state index in [1.165, 1.54) is 9.81 Å². The van der Waals surface area contributed by atoms with E-state index in [2.05, 4.69) is 39.8 Å². The van der Waals surface area contributed by atoms with Gasteiger partial charge in [0.25, 0.3) is 0 Å². The molecule has 0 radical (unpaired) electrons. The zero-order chi connectivity index (χ0) is 7.28. The Kier molecular flexibility index (Phi) is 4.60. The zero-order valence-electron chi connectivity index (χ0n) is 6.56. The smallest absolute Gasteiger partial charge is 0.0180 e. The Morgan fingerprint density at radius 1 is 1.00 bits per heavy atom. The molecule has 0 nitrogen and oxygen atoms in total. The summed E-state index contributed by atoms with van der Waals surface area (Å²) in [5.41, 5.74) is 0. The second kappa shape index (κ2) is 4.68. The second-order valence-corrected chi connectivity index (χ2v) is 3.39. The van der Waals surface area contributed by atoms with Gasteiger partial charge in [-0.25, -0.2) is 0 Å². The molecule has 0 N–H and O–H groups in total. The van der Waals surface area contributed by atoms with Crippen LogP contribution in [0.4, 0.5) is 0 Å². The highest BCUT2D eigenvalue weighted by atomic mass is 32.2. The van der Waals surface area contributed by atoms with Crippen LogP contribution in [0.15, 0.2) is 22.0 Å². The lowest BCUT2D eigenvalue weighted by atomic mass is 10.6. The maximum atomic E-state index is 2.12. The number of allylic oxidation sites excluding steroid dienone is 4. The highest BCUT2D eigenvalue weighted by molar-refractivity contribution is 8.06. The lowest BCUT2D eigenvalue weighted by molar-refractivity contribution is 1.56. The minimum Gasteiger partial charge on any atom is -0.100 e. The van der Waals surface area contributed by atoms with Crippen molar-refractivity contribution in [1.82, 2.24) is 0 Å². The summed E-state index contributed by atoms with van der Waals surface area (Å²) < 4.78 is 0. The zero-order valence-corrected chi connectivity index (χ0v) is 7.38. The second-order valence-electron chi connectivity index (χ2n) is 1.90. The molecular weight excluding hydrogens is 128 g/mol. The van der Waals surface area contributed by atoms with Crippen molar-refractivity contribution in [2.45, 2.75) is 27.7 Å². The molecule has 9 heavy (non-hydrogen) atoms. The molecule has 0 aliphatic heterocycles. The van der Waals surface area contributed by atoms with Crippen molar-refractivity contribution in [3.05, 3.63) is 22.0 Å². The van der Waals surface area contributed by atoms with Crippen LogP contribution >= 0.6 is 11.8 Å². The summed E-state index contributed by atoms with van der Waals surface area (Å²) in [6.07, 6.45) is 4.25. The van der Waals surface area contributed by atoms with Crippen LogP contribution in [0.25, 0.3) is 0 Å². The minimum atomic E-state index is 1.37. The summed E-state index contributed by atoms with van der Waals surface area (Å²) in [6.45, 7) is 8.37. The fourth-order valence-electron chi connectivity index (χ4n) is 0.372. The molecule has 0 spiro atoms. The first-order chi connectivity index (χ1) is 4.20. The van der Waals surface area contributed by atoms with Gasteiger partial charge < -0.3 is 0 Å².